The van der Waals surface area contributed by atoms with Crippen molar-refractivity contribution in [2.45, 2.75) is 13.0 Å². The minimum absolute atomic E-state index is 0.263. The molecule has 25 heavy (non-hydrogen) atoms. The van der Waals surface area contributed by atoms with E-state index in [2.05, 4.69) is 22.1 Å². The molecule has 0 unspecified atom stereocenters. The lowest BCUT2D eigenvalue weighted by molar-refractivity contribution is 0.140. The SMILES string of the molecule is O=C(NCCC#Cc1ccc2ccccc2n1)OCc1ccccc1. The molecule has 4 heteroatoms. The number of fused-ring (bicyclic) bond motifs is 1. The van der Waals surface area contributed by atoms with E-state index in [0.29, 0.717) is 13.0 Å². The minimum Gasteiger partial charge on any atom is -0.445 e. The van der Waals surface area contributed by atoms with Gasteiger partial charge in [-0.1, -0.05) is 60.5 Å². The summed E-state index contributed by atoms with van der Waals surface area (Å²) in [6.45, 7) is 0.702. The maximum Gasteiger partial charge on any atom is 0.407 e. The van der Waals surface area contributed by atoms with Gasteiger partial charge in [-0.15, -0.1) is 0 Å². The van der Waals surface area contributed by atoms with E-state index in [4.69, 9.17) is 4.74 Å². The van der Waals surface area contributed by atoms with Crippen molar-refractivity contribution in [2.75, 3.05) is 6.54 Å². The van der Waals surface area contributed by atoms with Crippen molar-refractivity contribution >= 4 is 17.0 Å². The van der Waals surface area contributed by atoms with E-state index in [-0.39, 0.29) is 6.61 Å². The van der Waals surface area contributed by atoms with Crippen LogP contribution in [0.4, 0.5) is 4.79 Å². The number of hydrogen-bond acceptors (Lipinski definition) is 3. The summed E-state index contributed by atoms with van der Waals surface area (Å²) in [6.07, 6.45) is 0.101. The highest BCUT2D eigenvalue weighted by atomic mass is 16.5. The van der Waals surface area contributed by atoms with Crippen molar-refractivity contribution in [3.05, 3.63) is 78.0 Å². The molecule has 4 nitrogen and oxygen atoms in total. The summed E-state index contributed by atoms with van der Waals surface area (Å²) < 4.78 is 5.13. The smallest absolute Gasteiger partial charge is 0.407 e. The number of nitrogens with one attached hydrogen (secondary N) is 1. The third-order valence-corrected chi connectivity index (χ3v) is 3.55. The lowest BCUT2D eigenvalue weighted by atomic mass is 10.2. The van der Waals surface area contributed by atoms with Gasteiger partial charge in [0.05, 0.1) is 5.52 Å². The van der Waals surface area contributed by atoms with Crippen molar-refractivity contribution in [2.24, 2.45) is 0 Å². The van der Waals surface area contributed by atoms with Crippen LogP contribution in [0.5, 0.6) is 0 Å². The molecule has 0 atom stereocenters. The summed E-state index contributed by atoms with van der Waals surface area (Å²) in [7, 11) is 0. The quantitative estimate of drug-likeness (QED) is 0.583. The molecule has 3 aromatic rings. The summed E-state index contributed by atoms with van der Waals surface area (Å²) in [6, 6.07) is 21.4. The Morgan fingerprint density at radius 1 is 1.00 bits per heavy atom. The molecule has 0 saturated carbocycles. The standard InChI is InChI=1S/C21H18N2O2/c24-21(25-16-17-8-2-1-3-9-17)22-15-7-6-11-19-14-13-18-10-4-5-12-20(18)23-19/h1-5,8-10,12-14H,7,15-16H2,(H,22,24). The molecule has 0 fully saturated rings. The molecule has 124 valence electrons. The highest BCUT2D eigenvalue weighted by Gasteiger charge is 2.00. The van der Waals surface area contributed by atoms with Gasteiger partial charge in [0.15, 0.2) is 0 Å². The molecule has 1 heterocycles. The van der Waals surface area contributed by atoms with E-state index < -0.39 is 6.09 Å². The van der Waals surface area contributed by atoms with Crippen LogP contribution in [0, 0.1) is 11.8 Å². The van der Waals surface area contributed by atoms with Gasteiger partial charge in [0.1, 0.15) is 12.3 Å². The number of ether oxygens (including phenoxy) is 1. The van der Waals surface area contributed by atoms with Crippen LogP contribution in [0.15, 0.2) is 66.7 Å². The van der Waals surface area contributed by atoms with Crippen LogP contribution in [-0.4, -0.2) is 17.6 Å². The normalized spacial score (nSPS) is 9.92. The van der Waals surface area contributed by atoms with Gasteiger partial charge >= 0.3 is 6.09 Å². The predicted octanol–water partition coefficient (Wildman–Crippen LogP) is 3.90. The number of alkyl carbamates (subject to hydrolysis) is 1. The topological polar surface area (TPSA) is 51.2 Å². The number of hydrogen-bond donors (Lipinski definition) is 1. The van der Waals surface area contributed by atoms with Crippen LogP contribution in [-0.2, 0) is 11.3 Å². The Labute approximate surface area is 146 Å². The highest BCUT2D eigenvalue weighted by Crippen LogP contribution is 2.11. The maximum absolute atomic E-state index is 11.6. The average Bonchev–Trinajstić information content (AvgIpc) is 2.67. The molecule has 1 N–H and O–H groups in total. The minimum atomic E-state index is -0.436. The van der Waals surface area contributed by atoms with Crippen molar-refractivity contribution in [1.29, 1.82) is 0 Å². The zero-order valence-electron chi connectivity index (χ0n) is 13.7. The maximum atomic E-state index is 11.6. The van der Waals surface area contributed by atoms with E-state index in [9.17, 15) is 4.79 Å². The fourth-order valence-corrected chi connectivity index (χ4v) is 2.29. The summed E-state index contributed by atoms with van der Waals surface area (Å²) in [5, 5.41) is 3.78. The number of nitrogens with zero attached hydrogens (tertiary/aromatic N) is 1. The molecule has 2 aromatic carbocycles. The molecule has 0 saturated heterocycles. The zero-order chi connectivity index (χ0) is 17.3. The van der Waals surface area contributed by atoms with Crippen molar-refractivity contribution in [1.82, 2.24) is 10.3 Å². The third-order valence-electron chi connectivity index (χ3n) is 3.55. The number of para-hydroxylation sites is 1. The number of rotatable bonds is 4. The van der Waals surface area contributed by atoms with Gasteiger partial charge in [0.2, 0.25) is 0 Å². The zero-order valence-corrected chi connectivity index (χ0v) is 13.7. The van der Waals surface area contributed by atoms with E-state index in [1.54, 1.807) is 0 Å². The molecule has 0 aliphatic carbocycles. The Kier molecular flexibility index (Phi) is 5.63. The van der Waals surface area contributed by atoms with Crippen LogP contribution < -0.4 is 5.32 Å². The number of amides is 1. The number of carbonyl (C=O) groups excluding carboxylic acids is 1. The summed E-state index contributed by atoms with van der Waals surface area (Å²) in [5.41, 5.74) is 2.61. The number of pyridine rings is 1. The first-order chi connectivity index (χ1) is 12.3. The monoisotopic (exact) mass is 330 g/mol. The first-order valence-electron chi connectivity index (χ1n) is 8.10. The lowest BCUT2D eigenvalue weighted by Crippen LogP contribution is -2.24. The highest BCUT2D eigenvalue weighted by molar-refractivity contribution is 5.78. The molecule has 1 aromatic heterocycles. The van der Waals surface area contributed by atoms with Crippen LogP contribution >= 0.6 is 0 Å². The molecule has 0 aliphatic rings. The Morgan fingerprint density at radius 2 is 1.80 bits per heavy atom. The van der Waals surface area contributed by atoms with Gasteiger partial charge in [-0.2, -0.15) is 0 Å². The van der Waals surface area contributed by atoms with Gasteiger partial charge in [-0.25, -0.2) is 9.78 Å². The number of carbonyl (C=O) groups is 1. The molecule has 0 bridgehead atoms. The molecule has 0 aliphatic heterocycles. The van der Waals surface area contributed by atoms with Gasteiger partial charge in [0, 0.05) is 18.4 Å². The van der Waals surface area contributed by atoms with E-state index in [1.165, 1.54) is 0 Å². The van der Waals surface area contributed by atoms with Crippen molar-refractivity contribution in [3.63, 3.8) is 0 Å². The van der Waals surface area contributed by atoms with Gasteiger partial charge < -0.3 is 10.1 Å². The fraction of sp³-hybridized carbons (Fsp3) is 0.143. The van der Waals surface area contributed by atoms with Crippen molar-refractivity contribution < 1.29 is 9.53 Å². The van der Waals surface area contributed by atoms with Gasteiger partial charge in [-0.3, -0.25) is 0 Å². The number of aromatic nitrogens is 1. The summed E-state index contributed by atoms with van der Waals surface area (Å²) in [4.78, 5) is 16.1. The molecule has 0 spiro atoms. The first-order valence-corrected chi connectivity index (χ1v) is 8.10. The Bertz CT molecular complexity index is 911. The van der Waals surface area contributed by atoms with Crippen LogP contribution in [0.1, 0.15) is 17.7 Å². The summed E-state index contributed by atoms with van der Waals surface area (Å²) in [5.74, 6) is 6.03. The van der Waals surface area contributed by atoms with Gasteiger partial charge in [-0.05, 0) is 23.6 Å². The Hall–Kier alpha value is -3.32. The Morgan fingerprint density at radius 3 is 2.68 bits per heavy atom. The molecule has 0 radical (unpaired) electrons. The van der Waals surface area contributed by atoms with E-state index >= 15 is 0 Å². The summed E-state index contributed by atoms with van der Waals surface area (Å²) >= 11 is 0. The van der Waals surface area contributed by atoms with E-state index in [1.807, 2.05) is 66.7 Å². The average molecular weight is 330 g/mol. The largest absolute Gasteiger partial charge is 0.445 e. The van der Waals surface area contributed by atoms with Crippen LogP contribution in [0.3, 0.4) is 0 Å². The molecular formula is C21H18N2O2. The molecular weight excluding hydrogens is 312 g/mol. The van der Waals surface area contributed by atoms with Crippen molar-refractivity contribution in [3.8, 4) is 11.8 Å². The van der Waals surface area contributed by atoms with Crippen LogP contribution in [0.2, 0.25) is 0 Å². The third kappa shape index (κ3) is 5.08. The van der Waals surface area contributed by atoms with E-state index in [0.717, 1.165) is 22.2 Å². The second kappa shape index (κ2) is 8.51. The lowest BCUT2D eigenvalue weighted by Gasteiger charge is -2.05. The second-order valence-corrected chi connectivity index (χ2v) is 5.43. The van der Waals surface area contributed by atoms with Gasteiger partial charge in [0.25, 0.3) is 0 Å². The fourth-order valence-electron chi connectivity index (χ4n) is 2.29. The molecule has 1 amide bonds. The molecule has 3 rings (SSSR count). The van der Waals surface area contributed by atoms with Crippen LogP contribution in [0.25, 0.3) is 10.9 Å². The second-order valence-electron chi connectivity index (χ2n) is 5.43. The number of benzene rings is 2. The Balaban J connectivity index is 1.42. The predicted molar refractivity (Wildman–Crippen MR) is 97.9 cm³/mol. The first kappa shape index (κ1) is 16.5.